The van der Waals surface area contributed by atoms with Crippen molar-refractivity contribution in [3.8, 4) is 5.75 Å². The van der Waals surface area contributed by atoms with Gasteiger partial charge in [-0.3, -0.25) is 0 Å². The average Bonchev–Trinajstić information content (AvgIpc) is 3.05. The van der Waals surface area contributed by atoms with E-state index in [0.29, 0.717) is 17.1 Å². The summed E-state index contributed by atoms with van der Waals surface area (Å²) in [7, 11) is 1.43. The van der Waals surface area contributed by atoms with E-state index in [1.165, 1.54) is 7.11 Å². The Morgan fingerprint density at radius 3 is 2.62 bits per heavy atom. The Morgan fingerprint density at radius 2 is 2.19 bits per heavy atom. The van der Waals surface area contributed by atoms with Crippen molar-refractivity contribution in [2.24, 2.45) is 5.73 Å². The van der Waals surface area contributed by atoms with Crippen molar-refractivity contribution >= 4 is 11.6 Å². The lowest BCUT2D eigenvalue weighted by Crippen LogP contribution is -2.21. The molecule has 0 unspecified atom stereocenters. The van der Waals surface area contributed by atoms with Gasteiger partial charge in [0.05, 0.1) is 12.1 Å². The molecule has 2 rings (SSSR count). The molecule has 88 valence electrons. The van der Waals surface area contributed by atoms with Gasteiger partial charge in [0.2, 0.25) is 0 Å². The molecule has 0 saturated heterocycles. The Morgan fingerprint density at radius 1 is 1.56 bits per heavy atom. The minimum atomic E-state index is -0.360. The van der Waals surface area contributed by atoms with E-state index in [-0.39, 0.29) is 17.0 Å². The third kappa shape index (κ3) is 1.59. The highest BCUT2D eigenvalue weighted by molar-refractivity contribution is 6.32. The van der Waals surface area contributed by atoms with Crippen molar-refractivity contribution in [1.82, 2.24) is 0 Å². The van der Waals surface area contributed by atoms with E-state index in [4.69, 9.17) is 22.1 Å². The van der Waals surface area contributed by atoms with Crippen LogP contribution in [0.1, 0.15) is 24.0 Å². The fourth-order valence-corrected chi connectivity index (χ4v) is 2.26. The van der Waals surface area contributed by atoms with Crippen molar-refractivity contribution in [3.63, 3.8) is 0 Å². The second-order valence-electron chi connectivity index (χ2n) is 4.39. The highest BCUT2D eigenvalue weighted by Gasteiger charge is 2.45. The van der Waals surface area contributed by atoms with Crippen LogP contribution in [0.3, 0.4) is 0 Å². The molecule has 2 N–H and O–H groups in total. The standard InChI is InChI=1S/C12H15ClFNO/c1-7-5-8(12(6-15)3-4-12)10(14)11(16-2)9(7)13/h5H,3-4,6,15H2,1-2H3. The van der Waals surface area contributed by atoms with Crippen molar-refractivity contribution < 1.29 is 9.13 Å². The van der Waals surface area contributed by atoms with Gasteiger partial charge in [-0.05, 0) is 30.9 Å². The minimum absolute atomic E-state index is 0.136. The Bertz CT molecular complexity index is 430. The third-order valence-electron chi connectivity index (χ3n) is 3.36. The summed E-state index contributed by atoms with van der Waals surface area (Å²) < 4.78 is 19.2. The smallest absolute Gasteiger partial charge is 0.173 e. The first kappa shape index (κ1) is 11.7. The molecule has 1 aromatic carbocycles. The summed E-state index contributed by atoms with van der Waals surface area (Å²) >= 11 is 5.99. The molecule has 0 spiro atoms. The van der Waals surface area contributed by atoms with Crippen LogP contribution in [-0.4, -0.2) is 13.7 Å². The van der Waals surface area contributed by atoms with Gasteiger partial charge in [0, 0.05) is 12.0 Å². The van der Waals surface area contributed by atoms with Crippen LogP contribution in [0.2, 0.25) is 5.02 Å². The number of hydrogen-bond donors (Lipinski definition) is 1. The highest BCUT2D eigenvalue weighted by atomic mass is 35.5. The summed E-state index contributed by atoms with van der Waals surface area (Å²) in [5, 5.41) is 0.344. The van der Waals surface area contributed by atoms with E-state index >= 15 is 0 Å². The monoisotopic (exact) mass is 243 g/mol. The maximum atomic E-state index is 14.2. The maximum absolute atomic E-state index is 14.2. The SMILES string of the molecule is COc1c(F)c(C2(CN)CC2)cc(C)c1Cl. The molecule has 0 amide bonds. The van der Waals surface area contributed by atoms with Crippen LogP contribution in [0.15, 0.2) is 6.07 Å². The zero-order valence-corrected chi connectivity index (χ0v) is 10.2. The first-order valence-electron chi connectivity index (χ1n) is 5.29. The van der Waals surface area contributed by atoms with Gasteiger partial charge in [0.1, 0.15) is 0 Å². The molecule has 0 radical (unpaired) electrons. The molecular weight excluding hydrogens is 229 g/mol. The van der Waals surface area contributed by atoms with Crippen molar-refractivity contribution in [2.45, 2.75) is 25.2 Å². The second-order valence-corrected chi connectivity index (χ2v) is 4.76. The normalized spacial score (nSPS) is 17.3. The van der Waals surface area contributed by atoms with Crippen LogP contribution in [0, 0.1) is 12.7 Å². The first-order valence-corrected chi connectivity index (χ1v) is 5.66. The predicted octanol–water partition coefficient (Wildman–Crippen LogP) is 2.79. The Hall–Kier alpha value is -0.800. The first-order chi connectivity index (χ1) is 7.55. The highest BCUT2D eigenvalue weighted by Crippen LogP contribution is 2.50. The van der Waals surface area contributed by atoms with Gasteiger partial charge in [-0.25, -0.2) is 4.39 Å². The number of methoxy groups -OCH3 is 1. The Balaban J connectivity index is 2.59. The predicted molar refractivity (Wildman–Crippen MR) is 62.7 cm³/mol. The van der Waals surface area contributed by atoms with E-state index in [1.807, 2.05) is 6.92 Å². The van der Waals surface area contributed by atoms with Crippen molar-refractivity contribution in [3.05, 3.63) is 28.0 Å². The second kappa shape index (κ2) is 3.90. The molecule has 1 aromatic rings. The summed E-state index contributed by atoms with van der Waals surface area (Å²) in [5.41, 5.74) is 7.00. The number of rotatable bonds is 3. The molecule has 0 heterocycles. The number of aryl methyl sites for hydroxylation is 1. The van der Waals surface area contributed by atoms with Crippen molar-refractivity contribution in [2.75, 3.05) is 13.7 Å². The Labute approximate surface area is 99.5 Å². The summed E-state index contributed by atoms with van der Waals surface area (Å²) in [5.74, 6) is -0.225. The molecule has 1 fully saturated rings. The van der Waals surface area contributed by atoms with Gasteiger partial charge in [-0.2, -0.15) is 0 Å². The molecule has 0 aromatic heterocycles. The zero-order chi connectivity index (χ0) is 11.9. The minimum Gasteiger partial charge on any atom is -0.492 e. The van der Waals surface area contributed by atoms with E-state index in [0.717, 1.165) is 18.4 Å². The number of halogens is 2. The van der Waals surface area contributed by atoms with E-state index in [2.05, 4.69) is 0 Å². The molecule has 0 atom stereocenters. The molecule has 2 nitrogen and oxygen atoms in total. The summed E-state index contributed by atoms with van der Waals surface area (Å²) in [6.07, 6.45) is 1.87. The average molecular weight is 244 g/mol. The van der Waals surface area contributed by atoms with E-state index in [9.17, 15) is 4.39 Å². The molecular formula is C12H15ClFNO. The number of benzene rings is 1. The fraction of sp³-hybridized carbons (Fsp3) is 0.500. The van der Waals surface area contributed by atoms with Crippen LogP contribution < -0.4 is 10.5 Å². The summed E-state index contributed by atoms with van der Waals surface area (Å²) in [6, 6.07) is 1.79. The molecule has 0 bridgehead atoms. The molecule has 4 heteroatoms. The van der Waals surface area contributed by atoms with E-state index < -0.39 is 0 Å². The van der Waals surface area contributed by atoms with Gasteiger partial charge in [0.15, 0.2) is 11.6 Å². The molecule has 1 aliphatic carbocycles. The third-order valence-corrected chi connectivity index (χ3v) is 3.83. The maximum Gasteiger partial charge on any atom is 0.173 e. The van der Waals surface area contributed by atoms with Crippen molar-refractivity contribution in [1.29, 1.82) is 0 Å². The lowest BCUT2D eigenvalue weighted by Gasteiger charge is -2.18. The molecule has 1 saturated carbocycles. The quantitative estimate of drug-likeness (QED) is 0.886. The van der Waals surface area contributed by atoms with Crippen LogP contribution in [0.4, 0.5) is 4.39 Å². The Kier molecular flexibility index (Phi) is 2.84. The number of nitrogens with two attached hydrogens (primary N) is 1. The van der Waals surface area contributed by atoms with Gasteiger partial charge >= 0.3 is 0 Å². The lowest BCUT2D eigenvalue weighted by molar-refractivity contribution is 0.381. The van der Waals surface area contributed by atoms with Crippen LogP contribution in [-0.2, 0) is 5.41 Å². The molecule has 16 heavy (non-hydrogen) atoms. The summed E-state index contributed by atoms with van der Waals surface area (Å²) in [4.78, 5) is 0. The lowest BCUT2D eigenvalue weighted by atomic mass is 9.93. The number of ether oxygens (including phenoxy) is 1. The molecule has 0 aliphatic heterocycles. The van der Waals surface area contributed by atoms with Gasteiger partial charge < -0.3 is 10.5 Å². The summed E-state index contributed by atoms with van der Waals surface area (Å²) in [6.45, 7) is 2.31. The molecule has 1 aliphatic rings. The van der Waals surface area contributed by atoms with E-state index in [1.54, 1.807) is 6.07 Å². The fourth-order valence-electron chi connectivity index (χ4n) is 2.04. The zero-order valence-electron chi connectivity index (χ0n) is 9.44. The van der Waals surface area contributed by atoms with Gasteiger partial charge in [0.25, 0.3) is 0 Å². The van der Waals surface area contributed by atoms with Gasteiger partial charge in [-0.1, -0.05) is 17.7 Å². The van der Waals surface area contributed by atoms with Crippen LogP contribution >= 0.6 is 11.6 Å². The number of hydrogen-bond acceptors (Lipinski definition) is 2. The van der Waals surface area contributed by atoms with Crippen LogP contribution in [0.25, 0.3) is 0 Å². The largest absolute Gasteiger partial charge is 0.492 e. The van der Waals surface area contributed by atoms with Gasteiger partial charge in [-0.15, -0.1) is 0 Å². The van der Waals surface area contributed by atoms with Crippen LogP contribution in [0.5, 0.6) is 5.75 Å². The topological polar surface area (TPSA) is 35.2 Å².